The van der Waals surface area contributed by atoms with Crippen LogP contribution in [0.1, 0.15) is 37.5 Å². The van der Waals surface area contributed by atoms with Crippen LogP contribution in [0.25, 0.3) is 55.4 Å². The fraction of sp³-hybridized carbons (Fsp3) is 0.171. The van der Waals surface area contributed by atoms with E-state index in [1.807, 2.05) is 29.8 Å². The molecule has 0 atom stereocenters. The van der Waals surface area contributed by atoms with Gasteiger partial charge in [-0.1, -0.05) is 86.4 Å². The molecule has 0 N–H and O–H groups in total. The third kappa shape index (κ3) is 4.17. The van der Waals surface area contributed by atoms with Crippen LogP contribution in [0.2, 0.25) is 0 Å². The third-order valence-corrected chi connectivity index (χ3v) is 7.59. The van der Waals surface area contributed by atoms with E-state index in [4.69, 9.17) is 4.42 Å². The van der Waals surface area contributed by atoms with Crippen LogP contribution in [0.15, 0.2) is 95.8 Å². The number of benzene rings is 4. The Labute approximate surface area is 228 Å². The largest absolute Gasteiger partial charge is 0.455 e. The zero-order chi connectivity index (χ0) is 27.3. The summed E-state index contributed by atoms with van der Waals surface area (Å²) in [6.45, 7) is 8.77. The number of aromatic nitrogens is 2. The summed E-state index contributed by atoms with van der Waals surface area (Å²) in [5, 5.41) is 12.1. The normalized spacial score (nSPS) is 11.7. The molecule has 0 fully saturated rings. The van der Waals surface area contributed by atoms with Crippen molar-refractivity contribution in [3.8, 4) is 39.6 Å². The zero-order valence-corrected chi connectivity index (χ0v) is 22.9. The first-order chi connectivity index (χ1) is 18.8. The number of furan rings is 1. The van der Waals surface area contributed by atoms with E-state index in [0.717, 1.165) is 55.4 Å². The average molecular weight is 509 g/mol. The molecule has 190 valence electrons. The molecule has 0 aliphatic rings. The highest BCUT2D eigenvalue weighted by Crippen LogP contribution is 2.42. The minimum Gasteiger partial charge on any atom is -0.455 e. The first kappa shape index (κ1) is 24.6. The zero-order valence-electron chi connectivity index (χ0n) is 22.9. The molecule has 6 rings (SSSR count). The van der Waals surface area contributed by atoms with Crippen molar-refractivity contribution in [2.24, 2.45) is 7.05 Å². The van der Waals surface area contributed by atoms with Crippen LogP contribution in [0.5, 0.6) is 0 Å². The molecule has 2 aromatic heterocycles. The van der Waals surface area contributed by atoms with Gasteiger partial charge in [0, 0.05) is 22.4 Å². The Hall–Kier alpha value is -4.75. The van der Waals surface area contributed by atoms with E-state index in [1.54, 1.807) is 12.5 Å². The Bertz CT molecular complexity index is 1900. The maximum atomic E-state index is 10.0. The molecule has 0 spiro atoms. The summed E-state index contributed by atoms with van der Waals surface area (Å²) in [4.78, 5) is 4.24. The SMILES string of the molecule is Cc1ccc2c(oc3c(-c4ccc(-c5ccc(C(C)(C)C)cc5)cc4)c(C#N)ccc32)c1-c1ccnc[n+]1C. The van der Waals surface area contributed by atoms with E-state index in [0.29, 0.717) is 5.56 Å². The second-order valence-electron chi connectivity index (χ2n) is 11.2. The predicted octanol–water partition coefficient (Wildman–Crippen LogP) is 8.28. The van der Waals surface area contributed by atoms with Crippen molar-refractivity contribution in [3.63, 3.8) is 0 Å². The molecule has 0 aliphatic carbocycles. The number of hydrogen-bond acceptors (Lipinski definition) is 3. The quantitative estimate of drug-likeness (QED) is 0.226. The van der Waals surface area contributed by atoms with Gasteiger partial charge in [-0.2, -0.15) is 5.26 Å². The molecule has 2 heterocycles. The molecular weight excluding hydrogens is 478 g/mol. The standard InChI is InChI=1S/C35H30N3O/c1-22-6-16-28-29-17-13-26(20-36)32(34(29)39-33(28)31(22)30-18-19-37-21-38(30)5)25-9-7-23(8-10-25)24-11-14-27(15-12-24)35(2,3)4/h6-19,21H,1-5H3/q+1. The monoisotopic (exact) mass is 508 g/mol. The Morgan fingerprint density at radius 2 is 1.33 bits per heavy atom. The molecule has 0 saturated carbocycles. The van der Waals surface area contributed by atoms with Crippen molar-refractivity contribution in [1.82, 2.24) is 4.98 Å². The molecule has 4 heteroatoms. The molecule has 4 nitrogen and oxygen atoms in total. The van der Waals surface area contributed by atoms with Gasteiger partial charge in [0.25, 0.3) is 6.33 Å². The van der Waals surface area contributed by atoms with E-state index in [9.17, 15) is 5.26 Å². The van der Waals surface area contributed by atoms with Crippen molar-refractivity contribution >= 4 is 21.9 Å². The lowest BCUT2D eigenvalue weighted by atomic mass is 9.86. The summed E-state index contributed by atoms with van der Waals surface area (Å²) >= 11 is 0. The Morgan fingerprint density at radius 3 is 1.95 bits per heavy atom. The number of aryl methyl sites for hydroxylation is 2. The van der Waals surface area contributed by atoms with Gasteiger partial charge in [0.15, 0.2) is 0 Å². The van der Waals surface area contributed by atoms with Crippen molar-refractivity contribution in [2.75, 3.05) is 0 Å². The van der Waals surface area contributed by atoms with Gasteiger partial charge in [0.05, 0.1) is 24.2 Å². The number of rotatable bonds is 3. The van der Waals surface area contributed by atoms with Gasteiger partial charge in [-0.05, 0) is 52.3 Å². The number of nitriles is 1. The lowest BCUT2D eigenvalue weighted by molar-refractivity contribution is -0.663. The number of nitrogens with zero attached hydrogens (tertiary/aromatic N) is 3. The molecular formula is C35H30N3O+. The first-order valence-corrected chi connectivity index (χ1v) is 13.2. The number of fused-ring (bicyclic) bond motifs is 3. The van der Waals surface area contributed by atoms with Gasteiger partial charge in [-0.3, -0.25) is 0 Å². The van der Waals surface area contributed by atoms with E-state index < -0.39 is 0 Å². The van der Waals surface area contributed by atoms with Crippen LogP contribution >= 0.6 is 0 Å². The topological polar surface area (TPSA) is 53.7 Å². The molecule has 0 bridgehead atoms. The Balaban J connectivity index is 1.51. The van der Waals surface area contributed by atoms with Crippen molar-refractivity contribution in [2.45, 2.75) is 33.1 Å². The van der Waals surface area contributed by atoms with Crippen LogP contribution in [-0.4, -0.2) is 4.98 Å². The van der Waals surface area contributed by atoms with E-state index in [1.165, 1.54) is 11.1 Å². The van der Waals surface area contributed by atoms with E-state index >= 15 is 0 Å². The molecule has 0 amide bonds. The van der Waals surface area contributed by atoms with Crippen LogP contribution in [0.3, 0.4) is 0 Å². The maximum absolute atomic E-state index is 10.0. The van der Waals surface area contributed by atoms with Gasteiger partial charge >= 0.3 is 0 Å². The summed E-state index contributed by atoms with van der Waals surface area (Å²) in [5.74, 6) is 0. The molecule has 0 saturated heterocycles. The van der Waals surface area contributed by atoms with Crippen LogP contribution < -0.4 is 4.57 Å². The van der Waals surface area contributed by atoms with Crippen LogP contribution in [0, 0.1) is 18.3 Å². The van der Waals surface area contributed by atoms with Gasteiger partial charge in [-0.25, -0.2) is 4.57 Å². The van der Waals surface area contributed by atoms with E-state index in [2.05, 4.69) is 99.4 Å². The van der Waals surface area contributed by atoms with Gasteiger partial charge < -0.3 is 4.42 Å². The first-order valence-electron chi connectivity index (χ1n) is 13.2. The molecule has 39 heavy (non-hydrogen) atoms. The van der Waals surface area contributed by atoms with Gasteiger partial charge in [-0.15, -0.1) is 0 Å². The second-order valence-corrected chi connectivity index (χ2v) is 11.2. The fourth-order valence-electron chi connectivity index (χ4n) is 5.38. The smallest absolute Gasteiger partial charge is 0.286 e. The Kier molecular flexibility index (Phi) is 5.81. The van der Waals surface area contributed by atoms with Crippen LogP contribution in [0.4, 0.5) is 0 Å². The summed E-state index contributed by atoms with van der Waals surface area (Å²) in [6.07, 6.45) is 3.60. The molecule has 4 aromatic carbocycles. The molecule has 6 aromatic rings. The highest BCUT2D eigenvalue weighted by atomic mass is 16.3. The minimum absolute atomic E-state index is 0.120. The summed E-state index contributed by atoms with van der Waals surface area (Å²) in [7, 11) is 1.99. The Morgan fingerprint density at radius 1 is 0.744 bits per heavy atom. The van der Waals surface area contributed by atoms with E-state index in [-0.39, 0.29) is 5.41 Å². The fourth-order valence-corrected chi connectivity index (χ4v) is 5.38. The lowest BCUT2D eigenvalue weighted by Gasteiger charge is -2.19. The lowest BCUT2D eigenvalue weighted by Crippen LogP contribution is -2.31. The predicted molar refractivity (Wildman–Crippen MR) is 157 cm³/mol. The summed E-state index contributed by atoms with van der Waals surface area (Å²) in [6, 6.07) is 29.7. The van der Waals surface area contributed by atoms with Crippen molar-refractivity contribution in [1.29, 1.82) is 5.26 Å². The summed E-state index contributed by atoms with van der Waals surface area (Å²) < 4.78 is 8.68. The number of hydrogen-bond donors (Lipinski definition) is 0. The second kappa shape index (κ2) is 9.22. The van der Waals surface area contributed by atoms with Crippen LogP contribution in [-0.2, 0) is 12.5 Å². The highest BCUT2D eigenvalue weighted by molar-refractivity contribution is 6.14. The highest BCUT2D eigenvalue weighted by Gasteiger charge is 2.22. The van der Waals surface area contributed by atoms with Crippen molar-refractivity contribution in [3.05, 3.63) is 108 Å². The van der Waals surface area contributed by atoms with Gasteiger partial charge in [0.2, 0.25) is 0 Å². The molecule has 0 unspecified atom stereocenters. The molecule has 0 radical (unpaired) electrons. The molecule has 0 aliphatic heterocycles. The third-order valence-electron chi connectivity index (χ3n) is 7.59. The van der Waals surface area contributed by atoms with Crippen molar-refractivity contribution < 1.29 is 8.98 Å². The minimum atomic E-state index is 0.120. The summed E-state index contributed by atoms with van der Waals surface area (Å²) in [5.41, 5.74) is 10.8. The van der Waals surface area contributed by atoms with Gasteiger partial charge in [0.1, 0.15) is 23.1 Å². The average Bonchev–Trinajstić information content (AvgIpc) is 3.31. The maximum Gasteiger partial charge on any atom is 0.286 e.